The number of amides is 1. The molecule has 1 amide bonds. The number of β-lactam (4-membered cyclic amide) rings is 1. The van der Waals surface area contributed by atoms with Crippen molar-refractivity contribution >= 4 is 37.6 Å². The molecule has 0 radical (unpaired) electrons. The Morgan fingerprint density at radius 2 is 1.42 bits per heavy atom. The van der Waals surface area contributed by atoms with E-state index in [9.17, 15) is 26.4 Å². The minimum absolute atomic E-state index is 0.122. The summed E-state index contributed by atoms with van der Waals surface area (Å²) in [5, 5.41) is -1.58. The Balaban J connectivity index is 1.51. The smallest absolute Gasteiger partial charge is 0.357 e. The zero-order valence-electron chi connectivity index (χ0n) is 22.5. The van der Waals surface area contributed by atoms with Crippen LogP contribution in [0.1, 0.15) is 22.9 Å². The van der Waals surface area contributed by atoms with Crippen LogP contribution in [0, 0.1) is 0 Å². The first-order chi connectivity index (χ1) is 20.7. The molecule has 1 unspecified atom stereocenters. The fourth-order valence-corrected chi connectivity index (χ4v) is 9.21. The number of aromatic nitrogens is 1. The van der Waals surface area contributed by atoms with Crippen LogP contribution in [-0.4, -0.2) is 49.7 Å². The molecule has 0 aliphatic carbocycles. The van der Waals surface area contributed by atoms with E-state index in [1.807, 2.05) is 0 Å². The van der Waals surface area contributed by atoms with Crippen LogP contribution in [0.4, 0.5) is 0 Å². The SMILES string of the molecule is O=C(OC(c1ccccc1)c1ccccc1)C1=C(S(=O)(=O)c2ccccc2)CS(=O)(=O)C2/C(=C/c3ccccn3)C(=O)N12. The number of carbonyl (C=O) groups excluding carboxylic acids is 2. The van der Waals surface area contributed by atoms with Crippen LogP contribution in [0.25, 0.3) is 6.08 Å². The summed E-state index contributed by atoms with van der Waals surface area (Å²) in [5.41, 5.74) is 0.790. The molecule has 0 bridgehead atoms. The van der Waals surface area contributed by atoms with E-state index in [2.05, 4.69) is 4.98 Å². The summed E-state index contributed by atoms with van der Waals surface area (Å²) in [6.07, 6.45) is 1.85. The van der Waals surface area contributed by atoms with Crippen molar-refractivity contribution in [1.82, 2.24) is 9.88 Å². The van der Waals surface area contributed by atoms with Gasteiger partial charge in [0.25, 0.3) is 5.91 Å². The molecule has 6 rings (SSSR count). The highest BCUT2D eigenvalue weighted by atomic mass is 32.2. The van der Waals surface area contributed by atoms with Crippen molar-refractivity contribution in [2.45, 2.75) is 16.4 Å². The van der Waals surface area contributed by atoms with Gasteiger partial charge in [0.05, 0.1) is 26.8 Å². The number of rotatable bonds is 7. The molecule has 1 fully saturated rings. The van der Waals surface area contributed by atoms with Gasteiger partial charge >= 0.3 is 5.97 Å². The molecule has 1 atom stereocenters. The number of hydrogen-bond acceptors (Lipinski definition) is 8. The molecule has 0 saturated carbocycles. The van der Waals surface area contributed by atoms with Crippen LogP contribution in [0.3, 0.4) is 0 Å². The predicted octanol–water partition coefficient (Wildman–Crippen LogP) is 4.08. The Morgan fingerprint density at radius 1 is 0.860 bits per heavy atom. The number of carbonyl (C=O) groups is 2. The second kappa shape index (κ2) is 11.1. The molecular formula is C32H24N2O7S2. The lowest BCUT2D eigenvalue weighted by molar-refractivity contribution is -0.149. The average molecular weight is 613 g/mol. The Bertz CT molecular complexity index is 1940. The summed E-state index contributed by atoms with van der Waals surface area (Å²) < 4.78 is 60.9. The Kier molecular flexibility index (Phi) is 7.28. The van der Waals surface area contributed by atoms with Crippen LogP contribution in [0.5, 0.6) is 0 Å². The largest absolute Gasteiger partial charge is 0.448 e. The third-order valence-corrected chi connectivity index (χ3v) is 11.0. The van der Waals surface area contributed by atoms with Gasteiger partial charge < -0.3 is 4.74 Å². The number of benzene rings is 3. The maximum Gasteiger partial charge on any atom is 0.357 e. The standard InChI is InChI=1S/C32H24N2O7S2/c35-30-26(20-24-16-10-11-19-33-24)31-34(30)28(27(21-42(31,37)38)43(39,40)25-17-8-3-9-18-25)32(36)41-29(22-12-4-1-5-13-22)23-14-6-2-7-15-23/h1-20,29,31H,21H2/b26-20+. The summed E-state index contributed by atoms with van der Waals surface area (Å²) in [6, 6.07) is 29.7. The van der Waals surface area contributed by atoms with Crippen molar-refractivity contribution in [2.24, 2.45) is 0 Å². The summed E-state index contributed by atoms with van der Waals surface area (Å²) in [6.45, 7) is 0. The Morgan fingerprint density at radius 3 is 1.98 bits per heavy atom. The van der Waals surface area contributed by atoms with Crippen molar-refractivity contribution in [2.75, 3.05) is 5.75 Å². The first kappa shape index (κ1) is 28.3. The van der Waals surface area contributed by atoms with E-state index < -0.39 is 59.4 Å². The number of hydrogen-bond donors (Lipinski definition) is 0. The lowest BCUT2D eigenvalue weighted by Gasteiger charge is -2.45. The first-order valence-electron chi connectivity index (χ1n) is 13.2. The molecule has 1 saturated heterocycles. The zero-order valence-corrected chi connectivity index (χ0v) is 24.1. The van der Waals surface area contributed by atoms with Crippen LogP contribution in [-0.2, 0) is 34.0 Å². The van der Waals surface area contributed by atoms with E-state index in [1.165, 1.54) is 36.5 Å². The Labute approximate surface area is 248 Å². The van der Waals surface area contributed by atoms with Crippen molar-refractivity contribution in [3.63, 3.8) is 0 Å². The molecule has 0 N–H and O–H groups in total. The molecular weight excluding hydrogens is 588 g/mol. The second-order valence-corrected chi connectivity index (χ2v) is 13.9. The molecule has 11 heteroatoms. The Hall–Kier alpha value is -4.87. The van der Waals surface area contributed by atoms with E-state index in [4.69, 9.17) is 4.74 Å². The fourth-order valence-electron chi connectivity index (χ4n) is 5.12. The maximum atomic E-state index is 14.1. The van der Waals surface area contributed by atoms with E-state index in [1.54, 1.807) is 84.9 Å². The minimum atomic E-state index is -4.54. The summed E-state index contributed by atoms with van der Waals surface area (Å²) in [7, 11) is -8.84. The van der Waals surface area contributed by atoms with E-state index in [0.717, 1.165) is 4.90 Å². The zero-order chi connectivity index (χ0) is 30.2. The normalized spacial score (nSPS) is 18.7. The summed E-state index contributed by atoms with van der Waals surface area (Å²) in [4.78, 5) is 31.6. The van der Waals surface area contributed by atoms with Gasteiger partial charge in [-0.1, -0.05) is 84.9 Å². The lowest BCUT2D eigenvalue weighted by atomic mass is 10.0. The highest BCUT2D eigenvalue weighted by Gasteiger charge is 2.59. The third-order valence-electron chi connectivity index (χ3n) is 7.14. The second-order valence-electron chi connectivity index (χ2n) is 9.88. The van der Waals surface area contributed by atoms with Crippen LogP contribution in [0.15, 0.2) is 136 Å². The number of ether oxygens (including phenoxy) is 1. The number of fused-ring (bicyclic) bond motifs is 1. The predicted molar refractivity (Wildman–Crippen MR) is 158 cm³/mol. The van der Waals surface area contributed by atoms with Gasteiger partial charge in [-0.15, -0.1) is 0 Å². The number of esters is 1. The van der Waals surface area contributed by atoms with Gasteiger partial charge in [0.2, 0.25) is 9.84 Å². The van der Waals surface area contributed by atoms with Gasteiger partial charge in [0.1, 0.15) is 5.70 Å². The lowest BCUT2D eigenvalue weighted by Crippen LogP contribution is -2.62. The monoisotopic (exact) mass is 612 g/mol. The van der Waals surface area contributed by atoms with E-state index in [0.29, 0.717) is 16.8 Å². The molecule has 3 aromatic carbocycles. The highest BCUT2D eigenvalue weighted by molar-refractivity contribution is 7.98. The molecule has 0 spiro atoms. The van der Waals surface area contributed by atoms with Gasteiger partial charge in [0, 0.05) is 6.20 Å². The quantitative estimate of drug-likeness (QED) is 0.174. The highest BCUT2D eigenvalue weighted by Crippen LogP contribution is 2.44. The molecule has 1 aromatic heterocycles. The molecule has 2 aliphatic heterocycles. The molecule has 3 heterocycles. The van der Waals surface area contributed by atoms with Crippen LogP contribution in [0.2, 0.25) is 0 Å². The van der Waals surface area contributed by atoms with Crippen molar-refractivity contribution in [3.8, 4) is 0 Å². The first-order valence-corrected chi connectivity index (χ1v) is 16.4. The number of sulfone groups is 2. The minimum Gasteiger partial charge on any atom is -0.448 e. The molecule has 2 aliphatic rings. The maximum absolute atomic E-state index is 14.1. The van der Waals surface area contributed by atoms with Gasteiger partial charge in [-0.3, -0.25) is 14.7 Å². The average Bonchev–Trinajstić information content (AvgIpc) is 3.03. The van der Waals surface area contributed by atoms with Gasteiger partial charge in [0.15, 0.2) is 21.3 Å². The summed E-state index contributed by atoms with van der Waals surface area (Å²) in [5.74, 6) is -2.97. The van der Waals surface area contributed by atoms with Crippen LogP contribution < -0.4 is 0 Å². The third kappa shape index (κ3) is 5.17. The number of nitrogens with zero attached hydrogens (tertiary/aromatic N) is 2. The van der Waals surface area contributed by atoms with Gasteiger partial charge in [-0.2, -0.15) is 0 Å². The summed E-state index contributed by atoms with van der Waals surface area (Å²) >= 11 is 0. The fraction of sp³-hybridized carbons (Fsp3) is 0.0938. The number of pyridine rings is 1. The van der Waals surface area contributed by atoms with E-state index >= 15 is 0 Å². The van der Waals surface area contributed by atoms with Crippen LogP contribution >= 0.6 is 0 Å². The van der Waals surface area contributed by atoms with Gasteiger partial charge in [-0.25, -0.2) is 21.6 Å². The van der Waals surface area contributed by atoms with Crippen molar-refractivity contribution in [1.29, 1.82) is 0 Å². The molecule has 9 nitrogen and oxygen atoms in total. The topological polar surface area (TPSA) is 128 Å². The van der Waals surface area contributed by atoms with Gasteiger partial charge in [-0.05, 0) is 41.5 Å². The van der Waals surface area contributed by atoms with Crippen molar-refractivity contribution < 1.29 is 31.2 Å². The molecule has 43 heavy (non-hydrogen) atoms. The molecule has 216 valence electrons. The molecule has 4 aromatic rings. The van der Waals surface area contributed by atoms with Crippen molar-refractivity contribution in [3.05, 3.63) is 148 Å². The van der Waals surface area contributed by atoms with E-state index in [-0.39, 0.29) is 10.5 Å².